The maximum absolute atomic E-state index is 12.3. The smallest absolute Gasteiger partial charge is 0.343 e. The summed E-state index contributed by atoms with van der Waals surface area (Å²) >= 11 is 0. The molecule has 1 atom stereocenters. The molecular formula is C25H28N2O4. The maximum atomic E-state index is 12.3. The number of aliphatic hydroxyl groups is 1. The van der Waals surface area contributed by atoms with Crippen LogP contribution in [0.15, 0.2) is 35.4 Å². The van der Waals surface area contributed by atoms with Crippen LogP contribution in [0.5, 0.6) is 5.75 Å². The molecule has 3 aliphatic heterocycles. The van der Waals surface area contributed by atoms with E-state index in [4.69, 9.17) is 14.5 Å². The van der Waals surface area contributed by atoms with E-state index in [1.165, 1.54) is 11.1 Å². The minimum Gasteiger partial charge on any atom is -0.491 e. The van der Waals surface area contributed by atoms with Gasteiger partial charge in [0.2, 0.25) is 0 Å². The van der Waals surface area contributed by atoms with Crippen LogP contribution in [0.1, 0.15) is 50.9 Å². The van der Waals surface area contributed by atoms with Gasteiger partial charge in [-0.1, -0.05) is 13.8 Å². The largest absolute Gasteiger partial charge is 0.491 e. The first kappa shape index (κ1) is 20.1. The molecule has 3 aliphatic rings. The molecule has 0 saturated heterocycles. The predicted octanol–water partition coefficient (Wildman–Crippen LogP) is 3.75. The number of hydrogen-bond donors (Lipinski definition) is 1. The fourth-order valence-electron chi connectivity index (χ4n) is 5.01. The molecule has 0 spiro atoms. The van der Waals surface area contributed by atoms with Crippen molar-refractivity contribution in [3.8, 4) is 5.75 Å². The molecule has 2 aromatic rings. The van der Waals surface area contributed by atoms with Gasteiger partial charge in [0, 0.05) is 29.6 Å². The number of esters is 1. The molecule has 0 amide bonds. The molecule has 0 radical (unpaired) electrons. The molecule has 6 nitrogen and oxygen atoms in total. The van der Waals surface area contributed by atoms with E-state index < -0.39 is 11.6 Å². The Balaban J connectivity index is 1.66. The zero-order valence-electron chi connectivity index (χ0n) is 18.5. The number of pyridine rings is 1. The van der Waals surface area contributed by atoms with Crippen molar-refractivity contribution in [1.82, 2.24) is 9.88 Å². The Kier molecular flexibility index (Phi) is 4.59. The lowest BCUT2D eigenvalue weighted by Crippen LogP contribution is -2.47. The van der Waals surface area contributed by atoms with Crippen LogP contribution in [0.2, 0.25) is 0 Å². The highest BCUT2D eigenvalue weighted by Crippen LogP contribution is 2.44. The summed E-state index contributed by atoms with van der Waals surface area (Å²) in [6, 6.07) is 6.08. The third kappa shape index (κ3) is 2.96. The Morgan fingerprint density at radius 3 is 2.81 bits per heavy atom. The summed E-state index contributed by atoms with van der Waals surface area (Å²) in [5.41, 5.74) is 5.43. The molecule has 0 bridgehead atoms. The first-order valence-electron chi connectivity index (χ1n) is 11.1. The van der Waals surface area contributed by atoms with E-state index in [2.05, 4.69) is 17.9 Å². The summed E-state index contributed by atoms with van der Waals surface area (Å²) in [5.74, 6) is 0.297. The van der Waals surface area contributed by atoms with E-state index in [9.17, 15) is 9.90 Å². The topological polar surface area (TPSA) is 71.9 Å². The lowest BCUT2D eigenvalue weighted by atomic mass is 9.83. The van der Waals surface area contributed by atoms with Gasteiger partial charge in [0.15, 0.2) is 5.60 Å². The molecular weight excluding hydrogens is 392 g/mol. The molecule has 0 aliphatic carbocycles. The molecule has 0 saturated carbocycles. The van der Waals surface area contributed by atoms with E-state index in [0.717, 1.165) is 46.6 Å². The number of nitrogens with zero attached hydrogens (tertiary/aromatic N) is 2. The van der Waals surface area contributed by atoms with Crippen molar-refractivity contribution in [2.75, 3.05) is 13.2 Å². The summed E-state index contributed by atoms with van der Waals surface area (Å²) in [5, 5.41) is 12.2. The Hall–Kier alpha value is -2.86. The molecule has 4 heterocycles. The maximum Gasteiger partial charge on any atom is 0.343 e. The van der Waals surface area contributed by atoms with Crippen molar-refractivity contribution in [2.45, 2.75) is 58.8 Å². The monoisotopic (exact) mass is 420 g/mol. The fourth-order valence-corrected chi connectivity index (χ4v) is 5.01. The molecule has 1 N–H and O–H groups in total. The summed E-state index contributed by atoms with van der Waals surface area (Å²) < 4.78 is 11.2. The molecule has 6 heteroatoms. The van der Waals surface area contributed by atoms with Crippen LogP contribution in [0.25, 0.3) is 16.6 Å². The number of aromatic nitrogens is 1. The van der Waals surface area contributed by atoms with Crippen molar-refractivity contribution < 1.29 is 19.4 Å². The molecule has 31 heavy (non-hydrogen) atoms. The number of cyclic esters (lactones) is 1. The van der Waals surface area contributed by atoms with E-state index in [0.29, 0.717) is 12.1 Å². The number of carbonyl (C=O) groups excluding carboxylic acids is 1. The number of fused-ring (bicyclic) bond motifs is 4. The van der Waals surface area contributed by atoms with Gasteiger partial charge in [-0.2, -0.15) is 0 Å². The van der Waals surface area contributed by atoms with Gasteiger partial charge in [0.1, 0.15) is 12.4 Å². The number of carbonyl (C=O) groups is 1. The standard InChI is InChI=1S/C25H28N2O4/c1-5-17-18-9-16(31-14(3)4)7-8-21(18)26-23-19(17)12-27-11-15-13-30-24(28)25(29,6-2)20(15)10-22(23)27/h7-10,14,29H,5-6,11-13H2,1-4H3/t25-/m0/s1. The average Bonchev–Trinajstić information content (AvgIpc) is 3.10. The van der Waals surface area contributed by atoms with Crippen LogP contribution in [-0.2, 0) is 22.5 Å². The van der Waals surface area contributed by atoms with Gasteiger partial charge in [0.25, 0.3) is 0 Å². The van der Waals surface area contributed by atoms with Crippen LogP contribution in [0.4, 0.5) is 0 Å². The number of aryl methyl sites for hydroxylation is 1. The highest BCUT2D eigenvalue weighted by molar-refractivity contribution is 5.91. The molecule has 0 fully saturated rings. The van der Waals surface area contributed by atoms with Crippen LogP contribution >= 0.6 is 0 Å². The lowest BCUT2D eigenvalue weighted by molar-refractivity contribution is -0.163. The third-order valence-corrected chi connectivity index (χ3v) is 6.55. The van der Waals surface area contributed by atoms with Gasteiger partial charge in [0.05, 0.1) is 23.0 Å². The van der Waals surface area contributed by atoms with Crippen molar-refractivity contribution in [3.05, 3.63) is 52.2 Å². The first-order valence-corrected chi connectivity index (χ1v) is 11.1. The second-order valence-corrected chi connectivity index (χ2v) is 8.81. The summed E-state index contributed by atoms with van der Waals surface area (Å²) in [4.78, 5) is 19.6. The summed E-state index contributed by atoms with van der Waals surface area (Å²) in [7, 11) is 0. The van der Waals surface area contributed by atoms with Gasteiger partial charge in [-0.15, -0.1) is 0 Å². The zero-order chi connectivity index (χ0) is 21.9. The number of ether oxygens (including phenoxy) is 2. The van der Waals surface area contributed by atoms with Crippen LogP contribution in [0, 0.1) is 0 Å². The van der Waals surface area contributed by atoms with Crippen LogP contribution < -0.4 is 4.74 Å². The molecule has 162 valence electrons. The van der Waals surface area contributed by atoms with E-state index >= 15 is 0 Å². The minimum absolute atomic E-state index is 0.115. The van der Waals surface area contributed by atoms with Gasteiger partial charge in [-0.3, -0.25) is 0 Å². The molecule has 5 rings (SSSR count). The van der Waals surface area contributed by atoms with Crippen molar-refractivity contribution >= 4 is 22.6 Å². The van der Waals surface area contributed by atoms with Gasteiger partial charge < -0.3 is 19.5 Å². The highest BCUT2D eigenvalue weighted by atomic mass is 16.6. The normalized spacial score (nSPS) is 22.3. The first-order chi connectivity index (χ1) is 14.9. The van der Waals surface area contributed by atoms with Crippen LogP contribution in [-0.4, -0.2) is 45.8 Å². The summed E-state index contributed by atoms with van der Waals surface area (Å²) in [6.45, 7) is 9.66. The number of hydrogen-bond acceptors (Lipinski definition) is 6. The predicted molar refractivity (Wildman–Crippen MR) is 118 cm³/mol. The SMILES string of the molecule is CCc1c2c(nc3ccc(OC(C)C)cc13)C1=CC3=C(COC(=O)[C@]3(O)CC)CN1C2. The Morgan fingerprint density at radius 2 is 2.10 bits per heavy atom. The lowest BCUT2D eigenvalue weighted by Gasteiger charge is -2.37. The van der Waals surface area contributed by atoms with Crippen molar-refractivity contribution in [2.24, 2.45) is 0 Å². The van der Waals surface area contributed by atoms with Crippen LogP contribution in [0.3, 0.4) is 0 Å². The zero-order valence-corrected chi connectivity index (χ0v) is 18.5. The summed E-state index contributed by atoms with van der Waals surface area (Å²) in [6.07, 6.45) is 3.25. The Labute approximate surface area is 182 Å². The quantitative estimate of drug-likeness (QED) is 0.760. The van der Waals surface area contributed by atoms with E-state index in [-0.39, 0.29) is 19.1 Å². The van der Waals surface area contributed by atoms with E-state index in [1.807, 2.05) is 39.0 Å². The molecule has 0 unspecified atom stereocenters. The van der Waals surface area contributed by atoms with E-state index in [1.54, 1.807) is 0 Å². The third-order valence-electron chi connectivity index (χ3n) is 6.55. The molecule has 1 aromatic heterocycles. The second-order valence-electron chi connectivity index (χ2n) is 8.81. The molecule has 1 aromatic carbocycles. The van der Waals surface area contributed by atoms with Gasteiger partial charge >= 0.3 is 5.97 Å². The second kappa shape index (κ2) is 7.09. The van der Waals surface area contributed by atoms with Crippen molar-refractivity contribution in [3.63, 3.8) is 0 Å². The van der Waals surface area contributed by atoms with Crippen molar-refractivity contribution in [1.29, 1.82) is 0 Å². The Bertz CT molecular complexity index is 1160. The van der Waals surface area contributed by atoms with Gasteiger partial charge in [-0.05, 0) is 62.1 Å². The highest BCUT2D eigenvalue weighted by Gasteiger charge is 2.46. The number of benzene rings is 1. The minimum atomic E-state index is -1.58. The van der Waals surface area contributed by atoms with Gasteiger partial charge in [-0.25, -0.2) is 9.78 Å². The fraction of sp³-hybridized carbons (Fsp3) is 0.440. The average molecular weight is 421 g/mol. The number of rotatable bonds is 4. The Morgan fingerprint density at radius 1 is 1.29 bits per heavy atom.